The standard InChI is InChI=1S/C15H29F3N2/c1-4-12(3)8-14(5-2)19-9-13-6-7-20(10-13)11-15(16,17)18/h12-14,19H,4-11H2,1-3H3. The first-order chi connectivity index (χ1) is 9.34. The minimum absolute atomic E-state index is 0.364. The van der Waals surface area contributed by atoms with Crippen LogP contribution < -0.4 is 5.32 Å². The zero-order valence-corrected chi connectivity index (χ0v) is 13.0. The smallest absolute Gasteiger partial charge is 0.314 e. The molecule has 0 bridgehead atoms. The van der Waals surface area contributed by atoms with Crippen LogP contribution in [0.2, 0.25) is 0 Å². The molecule has 2 nitrogen and oxygen atoms in total. The van der Waals surface area contributed by atoms with Crippen molar-refractivity contribution >= 4 is 0 Å². The van der Waals surface area contributed by atoms with E-state index in [1.54, 1.807) is 0 Å². The number of rotatable bonds is 8. The van der Waals surface area contributed by atoms with Crippen LogP contribution >= 0.6 is 0 Å². The largest absolute Gasteiger partial charge is 0.401 e. The molecule has 0 aliphatic carbocycles. The number of hydrogen-bond donors (Lipinski definition) is 1. The normalized spacial score (nSPS) is 24.0. The number of likely N-dealkylation sites (tertiary alicyclic amines) is 1. The summed E-state index contributed by atoms with van der Waals surface area (Å²) in [5, 5.41) is 3.55. The highest BCUT2D eigenvalue weighted by molar-refractivity contribution is 4.80. The van der Waals surface area contributed by atoms with Crippen LogP contribution in [0.25, 0.3) is 0 Å². The van der Waals surface area contributed by atoms with Crippen LogP contribution in [0.4, 0.5) is 13.2 Å². The van der Waals surface area contributed by atoms with Gasteiger partial charge in [-0.1, -0.05) is 27.2 Å². The van der Waals surface area contributed by atoms with Gasteiger partial charge in [0, 0.05) is 12.6 Å². The Hall–Kier alpha value is -0.290. The Labute approximate surface area is 121 Å². The van der Waals surface area contributed by atoms with Crippen LogP contribution in [0.3, 0.4) is 0 Å². The molecule has 120 valence electrons. The van der Waals surface area contributed by atoms with Gasteiger partial charge in [-0.25, -0.2) is 0 Å². The van der Waals surface area contributed by atoms with Gasteiger partial charge in [-0.05, 0) is 44.2 Å². The van der Waals surface area contributed by atoms with Gasteiger partial charge < -0.3 is 5.32 Å². The summed E-state index contributed by atoms with van der Waals surface area (Å²) in [5.41, 5.74) is 0. The molecule has 1 aliphatic heterocycles. The number of nitrogens with zero attached hydrogens (tertiary/aromatic N) is 1. The van der Waals surface area contributed by atoms with E-state index < -0.39 is 12.7 Å². The lowest BCUT2D eigenvalue weighted by Crippen LogP contribution is -2.36. The molecule has 1 N–H and O–H groups in total. The van der Waals surface area contributed by atoms with E-state index >= 15 is 0 Å². The molecule has 3 atom stereocenters. The number of nitrogens with one attached hydrogen (secondary N) is 1. The van der Waals surface area contributed by atoms with Gasteiger partial charge >= 0.3 is 6.18 Å². The molecule has 20 heavy (non-hydrogen) atoms. The van der Waals surface area contributed by atoms with Crippen LogP contribution in [-0.2, 0) is 0 Å². The van der Waals surface area contributed by atoms with Crippen molar-refractivity contribution in [2.45, 2.75) is 58.7 Å². The van der Waals surface area contributed by atoms with Crippen molar-refractivity contribution in [1.82, 2.24) is 10.2 Å². The number of alkyl halides is 3. The molecule has 0 radical (unpaired) electrons. The highest BCUT2D eigenvalue weighted by Crippen LogP contribution is 2.22. The van der Waals surface area contributed by atoms with E-state index in [0.717, 1.165) is 25.8 Å². The first-order valence-corrected chi connectivity index (χ1v) is 7.86. The predicted octanol–water partition coefficient (Wildman–Crippen LogP) is 3.68. The second kappa shape index (κ2) is 8.23. The van der Waals surface area contributed by atoms with Crippen molar-refractivity contribution in [2.75, 3.05) is 26.2 Å². The molecule has 0 spiro atoms. The Morgan fingerprint density at radius 1 is 1.25 bits per heavy atom. The fourth-order valence-corrected chi connectivity index (χ4v) is 2.86. The minimum Gasteiger partial charge on any atom is -0.314 e. The zero-order chi connectivity index (χ0) is 15.2. The van der Waals surface area contributed by atoms with Crippen LogP contribution in [0.1, 0.15) is 46.5 Å². The summed E-state index contributed by atoms with van der Waals surface area (Å²) in [7, 11) is 0. The highest BCUT2D eigenvalue weighted by Gasteiger charge is 2.34. The van der Waals surface area contributed by atoms with Crippen molar-refractivity contribution < 1.29 is 13.2 Å². The van der Waals surface area contributed by atoms with E-state index in [1.807, 2.05) is 0 Å². The molecule has 0 aromatic carbocycles. The SMILES string of the molecule is CCC(C)CC(CC)NCC1CCN(CC(F)(F)F)C1. The van der Waals surface area contributed by atoms with Gasteiger partial charge in [0.25, 0.3) is 0 Å². The predicted molar refractivity (Wildman–Crippen MR) is 76.8 cm³/mol. The third kappa shape index (κ3) is 6.93. The van der Waals surface area contributed by atoms with E-state index in [2.05, 4.69) is 26.1 Å². The maximum Gasteiger partial charge on any atom is 0.401 e. The zero-order valence-electron chi connectivity index (χ0n) is 13.0. The summed E-state index contributed by atoms with van der Waals surface area (Å²) < 4.78 is 37.0. The van der Waals surface area contributed by atoms with Crippen molar-refractivity contribution in [3.05, 3.63) is 0 Å². The summed E-state index contributed by atoms with van der Waals surface area (Å²) in [6.45, 7) is 7.87. The Morgan fingerprint density at radius 2 is 1.95 bits per heavy atom. The number of hydrogen-bond acceptors (Lipinski definition) is 2. The second-order valence-electron chi connectivity index (χ2n) is 6.27. The lowest BCUT2D eigenvalue weighted by Gasteiger charge is -2.23. The van der Waals surface area contributed by atoms with Gasteiger partial charge in [0.2, 0.25) is 0 Å². The van der Waals surface area contributed by atoms with E-state index in [0.29, 0.717) is 31.0 Å². The average molecular weight is 294 g/mol. The number of halogens is 3. The minimum atomic E-state index is -4.06. The molecule has 0 amide bonds. The maximum atomic E-state index is 12.3. The quantitative estimate of drug-likeness (QED) is 0.734. The molecule has 0 aromatic heterocycles. The fourth-order valence-electron chi connectivity index (χ4n) is 2.86. The van der Waals surface area contributed by atoms with E-state index in [1.165, 1.54) is 11.3 Å². The first-order valence-electron chi connectivity index (χ1n) is 7.86. The van der Waals surface area contributed by atoms with E-state index in [4.69, 9.17) is 0 Å². The van der Waals surface area contributed by atoms with Gasteiger partial charge in [-0.2, -0.15) is 13.2 Å². The molecular formula is C15H29F3N2. The van der Waals surface area contributed by atoms with Crippen molar-refractivity contribution in [2.24, 2.45) is 11.8 Å². The summed E-state index contributed by atoms with van der Waals surface area (Å²) in [6.07, 6.45) is 0.240. The topological polar surface area (TPSA) is 15.3 Å². The van der Waals surface area contributed by atoms with E-state index in [9.17, 15) is 13.2 Å². The molecular weight excluding hydrogens is 265 g/mol. The summed E-state index contributed by atoms with van der Waals surface area (Å²) in [6, 6.07) is 0.501. The summed E-state index contributed by atoms with van der Waals surface area (Å²) in [4.78, 5) is 1.53. The van der Waals surface area contributed by atoms with Gasteiger partial charge in [0.05, 0.1) is 6.54 Å². The second-order valence-corrected chi connectivity index (χ2v) is 6.27. The van der Waals surface area contributed by atoms with Gasteiger partial charge in [-0.15, -0.1) is 0 Å². The summed E-state index contributed by atoms with van der Waals surface area (Å²) >= 11 is 0. The molecule has 1 rings (SSSR count). The summed E-state index contributed by atoms with van der Waals surface area (Å²) in [5.74, 6) is 1.07. The Kier molecular flexibility index (Phi) is 7.30. The van der Waals surface area contributed by atoms with Crippen molar-refractivity contribution in [3.8, 4) is 0 Å². The Morgan fingerprint density at radius 3 is 2.50 bits per heavy atom. The molecule has 1 saturated heterocycles. The molecule has 3 unspecified atom stereocenters. The Bertz CT molecular complexity index is 268. The Balaban J connectivity index is 2.25. The van der Waals surface area contributed by atoms with E-state index in [-0.39, 0.29) is 0 Å². The molecule has 5 heteroatoms. The third-order valence-corrected chi connectivity index (χ3v) is 4.34. The fraction of sp³-hybridized carbons (Fsp3) is 1.00. The van der Waals surface area contributed by atoms with Crippen LogP contribution in [0.15, 0.2) is 0 Å². The molecule has 1 heterocycles. The average Bonchev–Trinajstić information content (AvgIpc) is 2.79. The van der Waals surface area contributed by atoms with Crippen LogP contribution in [0.5, 0.6) is 0 Å². The molecule has 1 aliphatic rings. The van der Waals surface area contributed by atoms with Crippen LogP contribution in [0, 0.1) is 11.8 Å². The lowest BCUT2D eigenvalue weighted by molar-refractivity contribution is -0.143. The molecule has 0 aromatic rings. The molecule has 1 fully saturated rings. The molecule has 0 saturated carbocycles. The monoisotopic (exact) mass is 294 g/mol. The van der Waals surface area contributed by atoms with Gasteiger partial charge in [-0.3, -0.25) is 4.90 Å². The van der Waals surface area contributed by atoms with Crippen molar-refractivity contribution in [3.63, 3.8) is 0 Å². The maximum absolute atomic E-state index is 12.3. The van der Waals surface area contributed by atoms with Gasteiger partial charge in [0.15, 0.2) is 0 Å². The van der Waals surface area contributed by atoms with Crippen molar-refractivity contribution in [1.29, 1.82) is 0 Å². The highest BCUT2D eigenvalue weighted by atomic mass is 19.4. The third-order valence-electron chi connectivity index (χ3n) is 4.34. The first kappa shape index (κ1) is 17.8. The van der Waals surface area contributed by atoms with Gasteiger partial charge in [0.1, 0.15) is 0 Å². The lowest BCUT2D eigenvalue weighted by atomic mass is 9.97. The van der Waals surface area contributed by atoms with Crippen LogP contribution in [-0.4, -0.2) is 43.3 Å².